The Balaban J connectivity index is 1.75. The normalized spacial score (nSPS) is 10.3. The molecule has 22 heavy (non-hydrogen) atoms. The van der Waals surface area contributed by atoms with E-state index in [1.807, 2.05) is 31.2 Å². The summed E-state index contributed by atoms with van der Waals surface area (Å²) >= 11 is 0. The van der Waals surface area contributed by atoms with Crippen LogP contribution in [0.4, 0.5) is 14.5 Å². The first-order valence-electron chi connectivity index (χ1n) is 7.06. The lowest BCUT2D eigenvalue weighted by atomic mass is 10.1. The number of rotatable bonds is 6. The van der Waals surface area contributed by atoms with E-state index in [4.69, 9.17) is 0 Å². The van der Waals surface area contributed by atoms with Crippen LogP contribution >= 0.6 is 0 Å². The molecule has 0 aliphatic carbocycles. The number of benzene rings is 2. The Morgan fingerprint density at radius 3 is 2.32 bits per heavy atom. The van der Waals surface area contributed by atoms with Crippen molar-refractivity contribution in [3.05, 3.63) is 65.2 Å². The lowest BCUT2D eigenvalue weighted by Crippen LogP contribution is -2.25. The standard InChI is InChI=1S/C17H18F2N2O/c1-12-5-7-13(8-6-12)11-21-16(22)9-10-20-17-14(18)3-2-4-15(17)19/h2-8,20H,9-11H2,1H3,(H,21,22). The topological polar surface area (TPSA) is 41.1 Å². The minimum atomic E-state index is -0.667. The van der Waals surface area contributed by atoms with Crippen molar-refractivity contribution in [3.63, 3.8) is 0 Å². The van der Waals surface area contributed by atoms with Crippen LogP contribution in [0.3, 0.4) is 0 Å². The Bertz CT molecular complexity index is 621. The molecule has 1 amide bonds. The van der Waals surface area contributed by atoms with Gasteiger partial charge < -0.3 is 10.6 Å². The zero-order valence-corrected chi connectivity index (χ0v) is 12.3. The number of hydrogen-bond acceptors (Lipinski definition) is 2. The van der Waals surface area contributed by atoms with Gasteiger partial charge in [-0.2, -0.15) is 0 Å². The molecule has 0 fully saturated rings. The number of carbonyl (C=O) groups is 1. The quantitative estimate of drug-likeness (QED) is 0.859. The molecule has 2 N–H and O–H groups in total. The predicted octanol–water partition coefficient (Wildman–Crippen LogP) is 3.39. The van der Waals surface area contributed by atoms with Gasteiger partial charge in [-0.05, 0) is 24.6 Å². The number of carbonyl (C=O) groups excluding carboxylic acids is 1. The van der Waals surface area contributed by atoms with Gasteiger partial charge in [-0.25, -0.2) is 8.78 Å². The highest BCUT2D eigenvalue weighted by atomic mass is 19.1. The van der Waals surface area contributed by atoms with Gasteiger partial charge in [0, 0.05) is 19.5 Å². The van der Waals surface area contributed by atoms with Crippen molar-refractivity contribution in [2.24, 2.45) is 0 Å². The second kappa shape index (κ2) is 7.54. The lowest BCUT2D eigenvalue weighted by molar-refractivity contribution is -0.121. The van der Waals surface area contributed by atoms with Crippen molar-refractivity contribution >= 4 is 11.6 Å². The minimum Gasteiger partial charge on any atom is -0.380 e. The van der Waals surface area contributed by atoms with Crippen LogP contribution in [0, 0.1) is 18.6 Å². The number of anilines is 1. The van der Waals surface area contributed by atoms with Crippen molar-refractivity contribution in [3.8, 4) is 0 Å². The van der Waals surface area contributed by atoms with Gasteiger partial charge in [0.05, 0.1) is 0 Å². The zero-order valence-electron chi connectivity index (χ0n) is 12.3. The second-order valence-electron chi connectivity index (χ2n) is 5.04. The Labute approximate surface area is 128 Å². The summed E-state index contributed by atoms with van der Waals surface area (Å²) in [7, 11) is 0. The third-order valence-electron chi connectivity index (χ3n) is 3.23. The van der Waals surface area contributed by atoms with E-state index in [-0.39, 0.29) is 24.6 Å². The number of hydrogen-bond donors (Lipinski definition) is 2. The Morgan fingerprint density at radius 2 is 1.68 bits per heavy atom. The van der Waals surface area contributed by atoms with Gasteiger partial charge in [-0.1, -0.05) is 35.9 Å². The molecule has 2 rings (SSSR count). The molecule has 2 aromatic carbocycles. The maximum atomic E-state index is 13.4. The fourth-order valence-corrected chi connectivity index (χ4v) is 1.96. The summed E-state index contributed by atoms with van der Waals surface area (Å²) in [4.78, 5) is 11.7. The van der Waals surface area contributed by atoms with Gasteiger partial charge in [-0.3, -0.25) is 4.79 Å². The van der Waals surface area contributed by atoms with Crippen molar-refractivity contribution in [2.45, 2.75) is 19.9 Å². The van der Waals surface area contributed by atoms with Crippen LogP contribution in [0.1, 0.15) is 17.5 Å². The summed E-state index contributed by atoms with van der Waals surface area (Å²) in [6, 6.07) is 11.5. The molecule has 0 spiro atoms. The van der Waals surface area contributed by atoms with Crippen LogP contribution < -0.4 is 10.6 Å². The smallest absolute Gasteiger partial charge is 0.222 e. The van der Waals surface area contributed by atoms with E-state index in [0.29, 0.717) is 6.54 Å². The van der Waals surface area contributed by atoms with Crippen LogP contribution in [0.15, 0.2) is 42.5 Å². The van der Waals surface area contributed by atoms with Crippen LogP contribution in [-0.2, 0) is 11.3 Å². The van der Waals surface area contributed by atoms with Crippen molar-refractivity contribution in [1.82, 2.24) is 5.32 Å². The molecule has 116 valence electrons. The third kappa shape index (κ3) is 4.55. The molecule has 0 saturated carbocycles. The molecule has 0 radical (unpaired) electrons. The Hall–Kier alpha value is -2.43. The predicted molar refractivity (Wildman–Crippen MR) is 82.5 cm³/mol. The maximum Gasteiger partial charge on any atom is 0.222 e. The van der Waals surface area contributed by atoms with Gasteiger partial charge in [0.15, 0.2) is 0 Å². The fourth-order valence-electron chi connectivity index (χ4n) is 1.96. The van der Waals surface area contributed by atoms with E-state index in [9.17, 15) is 13.6 Å². The number of aryl methyl sites for hydroxylation is 1. The second-order valence-corrected chi connectivity index (χ2v) is 5.04. The molecule has 2 aromatic rings. The molecule has 0 aromatic heterocycles. The van der Waals surface area contributed by atoms with Crippen LogP contribution in [-0.4, -0.2) is 12.5 Å². The number of amides is 1. The first-order valence-corrected chi connectivity index (χ1v) is 7.06. The Kier molecular flexibility index (Phi) is 5.47. The van der Waals surface area contributed by atoms with E-state index in [1.165, 1.54) is 18.2 Å². The lowest BCUT2D eigenvalue weighted by Gasteiger charge is -2.09. The van der Waals surface area contributed by atoms with Gasteiger partial charge in [-0.15, -0.1) is 0 Å². The summed E-state index contributed by atoms with van der Waals surface area (Å²) in [6.07, 6.45) is 0.139. The molecular formula is C17H18F2N2O. The summed E-state index contributed by atoms with van der Waals surface area (Å²) < 4.78 is 26.7. The number of nitrogens with one attached hydrogen (secondary N) is 2. The van der Waals surface area contributed by atoms with Gasteiger partial charge in [0.25, 0.3) is 0 Å². The molecule has 0 heterocycles. The molecule has 0 saturated heterocycles. The fraction of sp³-hybridized carbons (Fsp3) is 0.235. The van der Waals surface area contributed by atoms with Crippen molar-refractivity contribution in [2.75, 3.05) is 11.9 Å². The molecule has 3 nitrogen and oxygen atoms in total. The van der Waals surface area contributed by atoms with Crippen LogP contribution in [0.2, 0.25) is 0 Å². The highest BCUT2D eigenvalue weighted by Crippen LogP contribution is 2.17. The van der Waals surface area contributed by atoms with Crippen LogP contribution in [0.25, 0.3) is 0 Å². The van der Waals surface area contributed by atoms with Crippen molar-refractivity contribution < 1.29 is 13.6 Å². The summed E-state index contributed by atoms with van der Waals surface area (Å²) in [5.74, 6) is -1.51. The minimum absolute atomic E-state index is 0.139. The van der Waals surface area contributed by atoms with E-state index < -0.39 is 11.6 Å². The highest BCUT2D eigenvalue weighted by Gasteiger charge is 2.08. The van der Waals surface area contributed by atoms with Gasteiger partial charge in [0.2, 0.25) is 5.91 Å². The maximum absolute atomic E-state index is 13.4. The summed E-state index contributed by atoms with van der Waals surface area (Å²) in [6.45, 7) is 2.60. The molecule has 0 unspecified atom stereocenters. The molecular weight excluding hydrogens is 286 g/mol. The molecule has 5 heteroatoms. The van der Waals surface area contributed by atoms with E-state index in [1.54, 1.807) is 0 Å². The van der Waals surface area contributed by atoms with E-state index in [2.05, 4.69) is 10.6 Å². The molecule has 0 aliphatic rings. The summed E-state index contributed by atoms with van der Waals surface area (Å²) in [5, 5.41) is 5.37. The third-order valence-corrected chi connectivity index (χ3v) is 3.23. The Morgan fingerprint density at radius 1 is 1.05 bits per heavy atom. The zero-order chi connectivity index (χ0) is 15.9. The van der Waals surface area contributed by atoms with Gasteiger partial charge in [0.1, 0.15) is 17.3 Å². The average molecular weight is 304 g/mol. The monoisotopic (exact) mass is 304 g/mol. The average Bonchev–Trinajstić information content (AvgIpc) is 2.50. The SMILES string of the molecule is Cc1ccc(CNC(=O)CCNc2c(F)cccc2F)cc1. The van der Waals surface area contributed by atoms with E-state index >= 15 is 0 Å². The largest absolute Gasteiger partial charge is 0.380 e. The van der Waals surface area contributed by atoms with Crippen LogP contribution in [0.5, 0.6) is 0 Å². The van der Waals surface area contributed by atoms with Crippen molar-refractivity contribution in [1.29, 1.82) is 0 Å². The number of para-hydroxylation sites is 1. The summed E-state index contributed by atoms with van der Waals surface area (Å²) in [5.41, 5.74) is 1.96. The first kappa shape index (κ1) is 15.9. The number of halogens is 2. The van der Waals surface area contributed by atoms with E-state index in [0.717, 1.165) is 11.1 Å². The molecule has 0 bridgehead atoms. The van der Waals surface area contributed by atoms with Gasteiger partial charge >= 0.3 is 0 Å². The highest BCUT2D eigenvalue weighted by molar-refractivity contribution is 5.76. The molecule has 0 aliphatic heterocycles. The first-order chi connectivity index (χ1) is 10.6. The molecule has 0 atom stereocenters.